The standard InChI is InChI=1S/C27H22N2O/c1-2-9-21(10-3-1)17-18-27-28-24-14-6-7-15-25(24)29(27)19-20-30-26-16-8-12-22-11-4-5-13-23(22)26/h1-18H,19-20H2/b18-17+. The first-order chi connectivity index (χ1) is 14.9. The van der Waals surface area contributed by atoms with Crippen molar-refractivity contribution < 1.29 is 4.74 Å². The fourth-order valence-corrected chi connectivity index (χ4v) is 3.76. The van der Waals surface area contributed by atoms with Crippen LogP contribution in [-0.4, -0.2) is 16.2 Å². The van der Waals surface area contributed by atoms with E-state index in [1.165, 1.54) is 5.39 Å². The molecule has 5 aromatic rings. The highest BCUT2D eigenvalue weighted by atomic mass is 16.5. The zero-order valence-electron chi connectivity index (χ0n) is 16.6. The highest BCUT2D eigenvalue weighted by Crippen LogP contribution is 2.25. The molecule has 0 atom stereocenters. The quantitative estimate of drug-likeness (QED) is 0.334. The molecule has 3 nitrogen and oxygen atoms in total. The average Bonchev–Trinajstić information content (AvgIpc) is 3.16. The summed E-state index contributed by atoms with van der Waals surface area (Å²) in [4.78, 5) is 4.82. The molecule has 0 fully saturated rings. The van der Waals surface area contributed by atoms with E-state index in [1.807, 2.05) is 42.5 Å². The molecule has 4 aromatic carbocycles. The first-order valence-electron chi connectivity index (χ1n) is 10.2. The van der Waals surface area contributed by atoms with Crippen LogP contribution in [0, 0.1) is 0 Å². The number of para-hydroxylation sites is 2. The van der Waals surface area contributed by atoms with Gasteiger partial charge in [0.1, 0.15) is 18.2 Å². The van der Waals surface area contributed by atoms with E-state index in [4.69, 9.17) is 9.72 Å². The predicted octanol–water partition coefficient (Wildman–Crippen LogP) is 6.44. The van der Waals surface area contributed by atoms with Gasteiger partial charge in [-0.15, -0.1) is 0 Å². The van der Waals surface area contributed by atoms with E-state index in [9.17, 15) is 0 Å². The Morgan fingerprint density at radius 3 is 2.43 bits per heavy atom. The van der Waals surface area contributed by atoms with Gasteiger partial charge in [0.25, 0.3) is 0 Å². The maximum Gasteiger partial charge on any atom is 0.133 e. The van der Waals surface area contributed by atoms with Crippen LogP contribution in [0.5, 0.6) is 5.75 Å². The van der Waals surface area contributed by atoms with Gasteiger partial charge in [0, 0.05) is 5.39 Å². The summed E-state index contributed by atoms with van der Waals surface area (Å²) < 4.78 is 8.41. The van der Waals surface area contributed by atoms with E-state index in [-0.39, 0.29) is 0 Å². The molecule has 0 bridgehead atoms. The lowest BCUT2D eigenvalue weighted by molar-refractivity contribution is 0.303. The topological polar surface area (TPSA) is 27.1 Å². The minimum atomic E-state index is 0.570. The van der Waals surface area contributed by atoms with Gasteiger partial charge in [-0.3, -0.25) is 0 Å². The van der Waals surface area contributed by atoms with Crippen LogP contribution in [-0.2, 0) is 6.54 Å². The molecular weight excluding hydrogens is 368 g/mol. The molecule has 0 aliphatic carbocycles. The van der Waals surface area contributed by atoms with Crippen LogP contribution in [0.15, 0.2) is 97.1 Å². The van der Waals surface area contributed by atoms with Crippen LogP contribution >= 0.6 is 0 Å². The summed E-state index contributed by atoms with van der Waals surface area (Å²) in [6, 6.07) is 33.0. The molecule has 3 heteroatoms. The summed E-state index contributed by atoms with van der Waals surface area (Å²) >= 11 is 0. The van der Waals surface area contributed by atoms with Crippen molar-refractivity contribution in [1.82, 2.24) is 9.55 Å². The molecule has 0 aliphatic rings. The summed E-state index contributed by atoms with van der Waals surface area (Å²) in [5, 5.41) is 2.33. The lowest BCUT2D eigenvalue weighted by Crippen LogP contribution is -2.09. The van der Waals surface area contributed by atoms with E-state index < -0.39 is 0 Å². The maximum absolute atomic E-state index is 6.19. The summed E-state index contributed by atoms with van der Waals surface area (Å²) in [7, 11) is 0. The zero-order valence-corrected chi connectivity index (χ0v) is 16.6. The number of rotatable bonds is 6. The van der Waals surface area contributed by atoms with Gasteiger partial charge in [0.05, 0.1) is 17.6 Å². The normalized spacial score (nSPS) is 11.5. The SMILES string of the molecule is C(=C\c1nc2ccccc2n1CCOc1cccc2ccccc12)/c1ccccc1. The molecule has 0 saturated heterocycles. The van der Waals surface area contributed by atoms with Gasteiger partial charge in [-0.1, -0.05) is 84.9 Å². The third-order valence-corrected chi connectivity index (χ3v) is 5.23. The number of hydrogen-bond donors (Lipinski definition) is 0. The summed E-state index contributed by atoms with van der Waals surface area (Å²) in [6.07, 6.45) is 4.18. The molecule has 0 N–H and O–H groups in total. The summed E-state index contributed by atoms with van der Waals surface area (Å²) in [6.45, 7) is 1.29. The molecule has 0 aliphatic heterocycles. The van der Waals surface area contributed by atoms with Crippen molar-refractivity contribution in [2.24, 2.45) is 0 Å². The number of aromatic nitrogens is 2. The van der Waals surface area contributed by atoms with Crippen molar-refractivity contribution in [3.63, 3.8) is 0 Å². The maximum atomic E-state index is 6.19. The molecule has 0 spiro atoms. The number of benzene rings is 4. The van der Waals surface area contributed by atoms with Gasteiger partial charge >= 0.3 is 0 Å². The molecule has 0 unspecified atom stereocenters. The van der Waals surface area contributed by atoms with E-state index in [0.717, 1.165) is 40.1 Å². The number of imidazole rings is 1. The van der Waals surface area contributed by atoms with Crippen LogP contribution in [0.3, 0.4) is 0 Å². The third-order valence-electron chi connectivity index (χ3n) is 5.23. The van der Waals surface area contributed by atoms with Crippen LogP contribution in [0.25, 0.3) is 34.0 Å². The second-order valence-electron chi connectivity index (χ2n) is 7.18. The monoisotopic (exact) mass is 390 g/mol. The fraction of sp³-hybridized carbons (Fsp3) is 0.0741. The lowest BCUT2D eigenvalue weighted by Gasteiger charge is -2.11. The molecule has 0 radical (unpaired) electrons. The first-order valence-corrected chi connectivity index (χ1v) is 10.2. The Balaban J connectivity index is 1.41. The summed E-state index contributed by atoms with van der Waals surface area (Å²) in [5.41, 5.74) is 3.27. The Morgan fingerprint density at radius 1 is 0.733 bits per heavy atom. The Morgan fingerprint density at radius 2 is 1.50 bits per heavy atom. The minimum absolute atomic E-state index is 0.570. The van der Waals surface area contributed by atoms with Gasteiger partial charge in [0.2, 0.25) is 0 Å². The van der Waals surface area contributed by atoms with Crippen LogP contribution in [0.1, 0.15) is 11.4 Å². The van der Waals surface area contributed by atoms with E-state index in [0.29, 0.717) is 6.61 Å². The highest BCUT2D eigenvalue weighted by molar-refractivity contribution is 5.88. The summed E-state index contributed by atoms with van der Waals surface area (Å²) in [5.74, 6) is 1.85. The number of fused-ring (bicyclic) bond motifs is 2. The molecular formula is C27H22N2O. The molecule has 1 heterocycles. The van der Waals surface area contributed by atoms with Crippen molar-refractivity contribution >= 4 is 34.0 Å². The Kier molecular flexibility index (Phi) is 5.01. The lowest BCUT2D eigenvalue weighted by atomic mass is 10.1. The Hall–Kier alpha value is -3.85. The van der Waals surface area contributed by atoms with Gasteiger partial charge in [-0.25, -0.2) is 4.98 Å². The van der Waals surface area contributed by atoms with Crippen molar-refractivity contribution in [3.8, 4) is 5.75 Å². The van der Waals surface area contributed by atoms with E-state index in [1.54, 1.807) is 0 Å². The van der Waals surface area contributed by atoms with Crippen LogP contribution in [0.2, 0.25) is 0 Å². The second kappa shape index (κ2) is 8.26. The number of ether oxygens (including phenoxy) is 1. The smallest absolute Gasteiger partial charge is 0.133 e. The van der Waals surface area contributed by atoms with Crippen molar-refractivity contribution in [1.29, 1.82) is 0 Å². The van der Waals surface area contributed by atoms with Gasteiger partial charge in [-0.2, -0.15) is 0 Å². The first kappa shape index (κ1) is 18.2. The van der Waals surface area contributed by atoms with Crippen LogP contribution in [0.4, 0.5) is 0 Å². The minimum Gasteiger partial charge on any atom is -0.491 e. The Bertz CT molecular complexity index is 1310. The highest BCUT2D eigenvalue weighted by Gasteiger charge is 2.09. The average molecular weight is 390 g/mol. The molecule has 146 valence electrons. The Labute approximate surface area is 175 Å². The predicted molar refractivity (Wildman–Crippen MR) is 125 cm³/mol. The molecule has 0 saturated carbocycles. The number of nitrogens with zero attached hydrogens (tertiary/aromatic N) is 2. The van der Waals surface area contributed by atoms with Gasteiger partial charge in [0.15, 0.2) is 0 Å². The molecule has 0 amide bonds. The largest absolute Gasteiger partial charge is 0.491 e. The van der Waals surface area contributed by atoms with Crippen molar-refractivity contribution in [3.05, 3.63) is 108 Å². The fourth-order valence-electron chi connectivity index (χ4n) is 3.76. The van der Waals surface area contributed by atoms with Crippen molar-refractivity contribution in [2.45, 2.75) is 6.54 Å². The third kappa shape index (κ3) is 3.70. The van der Waals surface area contributed by atoms with E-state index in [2.05, 4.69) is 71.3 Å². The molecule has 1 aromatic heterocycles. The van der Waals surface area contributed by atoms with Gasteiger partial charge in [-0.05, 0) is 35.2 Å². The van der Waals surface area contributed by atoms with Crippen molar-refractivity contribution in [2.75, 3.05) is 6.61 Å². The zero-order chi connectivity index (χ0) is 20.2. The molecule has 5 rings (SSSR count). The second-order valence-corrected chi connectivity index (χ2v) is 7.18. The molecule has 30 heavy (non-hydrogen) atoms. The van der Waals surface area contributed by atoms with Gasteiger partial charge < -0.3 is 9.30 Å². The van der Waals surface area contributed by atoms with Crippen LogP contribution < -0.4 is 4.74 Å². The van der Waals surface area contributed by atoms with E-state index >= 15 is 0 Å². The number of hydrogen-bond acceptors (Lipinski definition) is 2.